The molecule has 0 fully saturated rings. The number of rotatable bonds is 37. The Morgan fingerprint density at radius 3 is 1.85 bits per heavy atom. The molecular weight excluding hydrogens is 705 g/mol. The van der Waals surface area contributed by atoms with Crippen LogP contribution in [0, 0.1) is 0 Å². The van der Waals surface area contributed by atoms with E-state index < -0.39 is 32.5 Å². The lowest BCUT2D eigenvalue weighted by atomic mass is 10.0. The minimum Gasteiger partial charge on any atom is -0.462 e. The third kappa shape index (κ3) is 38.2. The van der Waals surface area contributed by atoms with Gasteiger partial charge in [0.05, 0.1) is 33.9 Å². The summed E-state index contributed by atoms with van der Waals surface area (Å²) in [7, 11) is 1.41. The molecule has 1 unspecified atom stereocenters. The Bertz CT molecular complexity index is 1080. The van der Waals surface area contributed by atoms with Gasteiger partial charge in [-0.2, -0.15) is 0 Å². The first-order valence-electron chi connectivity index (χ1n) is 21.0. The summed E-state index contributed by atoms with van der Waals surface area (Å²) in [5.41, 5.74) is 0. The number of quaternary nitrogens is 1. The van der Waals surface area contributed by atoms with E-state index in [1.165, 1.54) is 57.8 Å². The van der Waals surface area contributed by atoms with Gasteiger partial charge in [0.1, 0.15) is 19.8 Å². The van der Waals surface area contributed by atoms with Crippen LogP contribution in [-0.2, 0) is 32.7 Å². The number of carbonyl (C=O) groups is 2. The van der Waals surface area contributed by atoms with Crippen LogP contribution in [0.15, 0.2) is 48.6 Å². The second-order valence-electron chi connectivity index (χ2n) is 15.2. The molecule has 54 heavy (non-hydrogen) atoms. The molecule has 0 radical (unpaired) electrons. The second-order valence-corrected chi connectivity index (χ2v) is 16.7. The van der Waals surface area contributed by atoms with Crippen LogP contribution in [0.25, 0.3) is 0 Å². The van der Waals surface area contributed by atoms with Crippen molar-refractivity contribution in [3.8, 4) is 0 Å². The number of esters is 2. The molecule has 3 atom stereocenters. The number of ether oxygens (including phenoxy) is 2. The molecule has 0 aromatic carbocycles. The number of phosphoric ester groups is 1. The maximum absolute atomic E-state index is 12.6. The highest BCUT2D eigenvalue weighted by Crippen LogP contribution is 2.43. The first-order valence-corrected chi connectivity index (χ1v) is 22.5. The third-order valence-corrected chi connectivity index (χ3v) is 9.70. The molecule has 0 aromatic heterocycles. The van der Waals surface area contributed by atoms with E-state index >= 15 is 0 Å². The summed E-state index contributed by atoms with van der Waals surface area (Å²) in [6.45, 7) is 4.20. The summed E-state index contributed by atoms with van der Waals surface area (Å²) < 4.78 is 34.1. The molecule has 2 N–H and O–H groups in total. The van der Waals surface area contributed by atoms with E-state index in [4.69, 9.17) is 18.5 Å². The molecule has 0 heterocycles. The van der Waals surface area contributed by atoms with E-state index in [2.05, 4.69) is 26.0 Å². The fourth-order valence-corrected chi connectivity index (χ4v) is 6.09. The number of hydrogen-bond donors (Lipinski definition) is 2. The van der Waals surface area contributed by atoms with E-state index in [1.54, 1.807) is 0 Å². The molecule has 0 spiro atoms. The number of hydrogen-bond acceptors (Lipinski definition) is 8. The monoisotopic (exact) mass is 785 g/mol. The van der Waals surface area contributed by atoms with Crippen LogP contribution >= 0.6 is 7.82 Å². The number of nitrogens with zero attached hydrogens (tertiary/aromatic N) is 1. The van der Waals surface area contributed by atoms with Crippen LogP contribution in [-0.4, -0.2) is 86.1 Å². The zero-order valence-corrected chi connectivity index (χ0v) is 35.7. The van der Waals surface area contributed by atoms with Gasteiger partial charge in [0.15, 0.2) is 6.10 Å². The molecular formula is C43H79NO9P+. The van der Waals surface area contributed by atoms with Gasteiger partial charge >= 0.3 is 19.8 Å². The average molecular weight is 785 g/mol. The molecule has 0 aliphatic heterocycles. The number of aliphatic hydroxyl groups excluding tert-OH is 1. The molecule has 0 bridgehead atoms. The number of aliphatic hydroxyl groups is 1. The van der Waals surface area contributed by atoms with Crippen LogP contribution < -0.4 is 0 Å². The van der Waals surface area contributed by atoms with E-state index in [0.29, 0.717) is 23.9 Å². The van der Waals surface area contributed by atoms with Crippen LogP contribution in [0.1, 0.15) is 155 Å². The molecule has 10 nitrogen and oxygen atoms in total. The van der Waals surface area contributed by atoms with E-state index in [9.17, 15) is 24.2 Å². The first-order chi connectivity index (χ1) is 25.9. The SMILES string of the molecule is CCCCCCCCCCCCCCC(=O)OC[C@H](COP(=O)(O)OCC[N+](C)(C)C)OC(=O)CCC/C=C\C/C=C\C/C=C\C=C\[C@@H](O)CCCCC. The molecule has 11 heteroatoms. The molecule has 0 aromatic rings. The summed E-state index contributed by atoms with van der Waals surface area (Å²) in [6, 6.07) is 0. The summed E-state index contributed by atoms with van der Waals surface area (Å²) >= 11 is 0. The Kier molecular flexibility index (Phi) is 34.0. The standard InChI is InChI=1S/C43H78NO9P/c1-6-8-10-11-12-13-14-17-20-23-26-30-34-42(46)50-38-41(39-52-54(48,49)51-37-36-44(3,4)5)53-43(47)35-31-27-24-21-18-15-16-19-22-25-29-33-40(45)32-28-9-7-2/h15-16,21-22,24-25,29,33,40-41,45H,6-14,17-20,23,26-28,30-32,34-39H2,1-5H3/p+1/b16-15-,24-21-,25-22-,33-29+/t40-,41+/m0/s1. The van der Waals surface area contributed by atoms with Crippen molar-refractivity contribution in [2.75, 3.05) is 47.5 Å². The minimum atomic E-state index is -4.40. The summed E-state index contributed by atoms with van der Waals surface area (Å²) in [5, 5.41) is 9.90. The highest BCUT2D eigenvalue weighted by molar-refractivity contribution is 7.47. The Balaban J connectivity index is 4.54. The first kappa shape index (κ1) is 51.9. The summed E-state index contributed by atoms with van der Waals surface area (Å²) in [6.07, 6.45) is 36.3. The van der Waals surface area contributed by atoms with Crippen molar-refractivity contribution in [3.05, 3.63) is 48.6 Å². The number of unbranched alkanes of at least 4 members (excludes halogenated alkanes) is 14. The molecule has 0 saturated carbocycles. The second kappa shape index (κ2) is 35.4. The van der Waals surface area contributed by atoms with Gasteiger partial charge in [0.25, 0.3) is 0 Å². The lowest BCUT2D eigenvalue weighted by Gasteiger charge is -2.24. The third-order valence-electron chi connectivity index (χ3n) is 8.72. The van der Waals surface area contributed by atoms with E-state index in [-0.39, 0.29) is 32.2 Å². The molecule has 0 aliphatic carbocycles. The van der Waals surface area contributed by atoms with Crippen LogP contribution in [0.5, 0.6) is 0 Å². The van der Waals surface area contributed by atoms with Crippen molar-refractivity contribution in [3.63, 3.8) is 0 Å². The van der Waals surface area contributed by atoms with Gasteiger partial charge in [0, 0.05) is 12.8 Å². The predicted octanol–water partition coefficient (Wildman–Crippen LogP) is 10.5. The lowest BCUT2D eigenvalue weighted by Crippen LogP contribution is -2.37. The van der Waals surface area contributed by atoms with Crippen molar-refractivity contribution in [1.82, 2.24) is 0 Å². The maximum atomic E-state index is 12.6. The maximum Gasteiger partial charge on any atom is 0.472 e. The van der Waals surface area contributed by atoms with Crippen molar-refractivity contribution >= 4 is 19.8 Å². The number of allylic oxidation sites excluding steroid dienone is 7. The number of likely N-dealkylation sites (N-methyl/N-ethyl adjacent to an activating group) is 1. The fraction of sp³-hybridized carbons (Fsp3) is 0.767. The summed E-state index contributed by atoms with van der Waals surface area (Å²) in [4.78, 5) is 35.2. The highest BCUT2D eigenvalue weighted by Gasteiger charge is 2.27. The largest absolute Gasteiger partial charge is 0.472 e. The fourth-order valence-electron chi connectivity index (χ4n) is 5.35. The van der Waals surface area contributed by atoms with Crippen LogP contribution in [0.3, 0.4) is 0 Å². The number of carbonyl (C=O) groups excluding carboxylic acids is 2. The molecule has 314 valence electrons. The molecule has 0 amide bonds. The zero-order chi connectivity index (χ0) is 40.2. The van der Waals surface area contributed by atoms with E-state index in [0.717, 1.165) is 57.8 Å². The Morgan fingerprint density at radius 2 is 1.22 bits per heavy atom. The highest BCUT2D eigenvalue weighted by atomic mass is 31.2. The van der Waals surface area contributed by atoms with Gasteiger partial charge in [-0.3, -0.25) is 18.6 Å². The van der Waals surface area contributed by atoms with Crippen LogP contribution in [0.2, 0.25) is 0 Å². The average Bonchev–Trinajstić information content (AvgIpc) is 3.11. The zero-order valence-electron chi connectivity index (χ0n) is 34.8. The van der Waals surface area contributed by atoms with Gasteiger partial charge in [-0.15, -0.1) is 0 Å². The molecule has 0 aliphatic rings. The van der Waals surface area contributed by atoms with Crippen LogP contribution in [0.4, 0.5) is 0 Å². The van der Waals surface area contributed by atoms with Gasteiger partial charge in [0.2, 0.25) is 0 Å². The van der Waals surface area contributed by atoms with E-state index in [1.807, 2.05) is 57.6 Å². The van der Waals surface area contributed by atoms with Gasteiger partial charge in [-0.1, -0.05) is 152 Å². The predicted molar refractivity (Wildman–Crippen MR) is 221 cm³/mol. The topological polar surface area (TPSA) is 129 Å². The summed E-state index contributed by atoms with van der Waals surface area (Å²) in [5.74, 6) is -0.892. The van der Waals surface area contributed by atoms with Gasteiger partial charge in [-0.05, 0) is 38.5 Å². The van der Waals surface area contributed by atoms with Gasteiger partial charge < -0.3 is 24.0 Å². The van der Waals surface area contributed by atoms with Crippen molar-refractivity contribution < 1.29 is 47.2 Å². The quantitative estimate of drug-likeness (QED) is 0.0158. The van der Waals surface area contributed by atoms with Crippen molar-refractivity contribution in [2.45, 2.75) is 167 Å². The smallest absolute Gasteiger partial charge is 0.462 e. The van der Waals surface area contributed by atoms with Crippen molar-refractivity contribution in [1.29, 1.82) is 0 Å². The lowest BCUT2D eigenvalue weighted by molar-refractivity contribution is -0.870. The number of phosphoric acid groups is 1. The molecule has 0 rings (SSSR count). The molecule has 0 saturated heterocycles. The van der Waals surface area contributed by atoms with Gasteiger partial charge in [-0.25, -0.2) is 4.57 Å². The minimum absolute atomic E-state index is 0.0127. The Hall–Kier alpha value is -2.07. The van der Waals surface area contributed by atoms with Crippen molar-refractivity contribution in [2.24, 2.45) is 0 Å². The normalized spacial score (nSPS) is 14.7. The Morgan fingerprint density at radius 1 is 0.667 bits per heavy atom. The Labute approximate surface area is 329 Å².